The van der Waals surface area contributed by atoms with E-state index in [1.54, 1.807) is 24.3 Å². The Balaban J connectivity index is 1.31. The van der Waals surface area contributed by atoms with Crippen LogP contribution in [0.25, 0.3) is 10.8 Å². The topological polar surface area (TPSA) is 51.5 Å². The second kappa shape index (κ2) is 8.82. The van der Waals surface area contributed by atoms with Gasteiger partial charge < -0.3 is 14.5 Å². The summed E-state index contributed by atoms with van der Waals surface area (Å²) < 4.78 is 24.5. The van der Waals surface area contributed by atoms with Crippen LogP contribution in [0.4, 0.5) is 4.39 Å². The molecule has 0 fully saturated rings. The maximum absolute atomic E-state index is 13.0. The summed E-state index contributed by atoms with van der Waals surface area (Å²) in [5, 5.41) is 5.10. The van der Waals surface area contributed by atoms with E-state index in [0.717, 1.165) is 22.1 Å². The van der Waals surface area contributed by atoms with Crippen LogP contribution in [0.1, 0.15) is 34.7 Å². The Morgan fingerprint density at radius 1 is 1.00 bits per heavy atom. The smallest absolute Gasteiger partial charge is 0.287 e. The highest BCUT2D eigenvalue weighted by Gasteiger charge is 2.14. The molecule has 152 valence electrons. The van der Waals surface area contributed by atoms with Crippen LogP contribution < -0.4 is 10.1 Å². The van der Waals surface area contributed by atoms with Crippen molar-refractivity contribution < 1.29 is 18.3 Å². The minimum absolute atomic E-state index is 0.0558. The molecule has 0 saturated carbocycles. The third kappa shape index (κ3) is 4.69. The summed E-state index contributed by atoms with van der Waals surface area (Å²) >= 11 is 0. The van der Waals surface area contributed by atoms with Crippen molar-refractivity contribution in [2.45, 2.75) is 19.4 Å². The molecular formula is C25H22FNO3. The number of carbonyl (C=O) groups is 1. The van der Waals surface area contributed by atoms with Gasteiger partial charge in [-0.05, 0) is 58.7 Å². The zero-order valence-electron chi connectivity index (χ0n) is 16.6. The molecule has 3 aromatic carbocycles. The zero-order valence-corrected chi connectivity index (χ0v) is 16.6. The Morgan fingerprint density at radius 2 is 1.77 bits per heavy atom. The molecule has 0 saturated heterocycles. The van der Waals surface area contributed by atoms with Crippen LogP contribution in [0.5, 0.6) is 5.75 Å². The van der Waals surface area contributed by atoms with Crippen molar-refractivity contribution in [3.05, 3.63) is 102 Å². The first kappa shape index (κ1) is 19.7. The van der Waals surface area contributed by atoms with Crippen molar-refractivity contribution in [2.75, 3.05) is 6.54 Å². The highest BCUT2D eigenvalue weighted by Crippen LogP contribution is 2.22. The molecule has 1 heterocycles. The molecule has 5 heteroatoms. The van der Waals surface area contributed by atoms with Crippen molar-refractivity contribution in [1.82, 2.24) is 5.32 Å². The second-order valence-corrected chi connectivity index (χ2v) is 7.23. The Bertz CT molecular complexity index is 1150. The number of hydrogen-bond acceptors (Lipinski definition) is 3. The molecule has 1 N–H and O–H groups in total. The molecule has 0 radical (unpaired) electrons. The minimum atomic E-state index is -0.291. The normalized spacial score (nSPS) is 11.9. The number of carbonyl (C=O) groups excluding carboxylic acids is 1. The molecule has 0 aliphatic carbocycles. The van der Waals surface area contributed by atoms with Crippen molar-refractivity contribution in [2.24, 2.45) is 0 Å². The molecule has 0 aliphatic heterocycles. The van der Waals surface area contributed by atoms with E-state index < -0.39 is 0 Å². The van der Waals surface area contributed by atoms with E-state index in [9.17, 15) is 9.18 Å². The molecule has 1 atom stereocenters. The van der Waals surface area contributed by atoms with Crippen molar-refractivity contribution in [3.63, 3.8) is 0 Å². The first-order valence-electron chi connectivity index (χ1n) is 9.82. The highest BCUT2D eigenvalue weighted by molar-refractivity contribution is 5.91. The zero-order chi connectivity index (χ0) is 20.9. The average molecular weight is 403 g/mol. The van der Waals surface area contributed by atoms with Crippen molar-refractivity contribution in [1.29, 1.82) is 0 Å². The molecular weight excluding hydrogens is 381 g/mol. The van der Waals surface area contributed by atoms with Gasteiger partial charge in [0.2, 0.25) is 0 Å². The average Bonchev–Trinajstić information content (AvgIpc) is 3.25. The van der Waals surface area contributed by atoms with Crippen LogP contribution in [0, 0.1) is 5.82 Å². The van der Waals surface area contributed by atoms with E-state index in [2.05, 4.69) is 5.32 Å². The summed E-state index contributed by atoms with van der Waals surface area (Å²) in [6.45, 7) is 2.63. The van der Waals surface area contributed by atoms with Gasteiger partial charge >= 0.3 is 0 Å². The summed E-state index contributed by atoms with van der Waals surface area (Å²) in [7, 11) is 0. The molecule has 1 amide bonds. The summed E-state index contributed by atoms with van der Waals surface area (Å²) in [4.78, 5) is 12.4. The quantitative estimate of drug-likeness (QED) is 0.432. The fourth-order valence-corrected chi connectivity index (χ4v) is 3.23. The van der Waals surface area contributed by atoms with Gasteiger partial charge in [-0.3, -0.25) is 4.79 Å². The molecule has 4 nitrogen and oxygen atoms in total. The summed E-state index contributed by atoms with van der Waals surface area (Å²) in [5.41, 5.74) is 0.959. The third-order valence-corrected chi connectivity index (χ3v) is 5.00. The number of halogens is 1. The number of fused-ring (bicyclic) bond motifs is 1. The molecule has 1 unspecified atom stereocenters. The van der Waals surface area contributed by atoms with Gasteiger partial charge in [-0.1, -0.05) is 49.4 Å². The van der Waals surface area contributed by atoms with Gasteiger partial charge in [0.1, 0.15) is 23.9 Å². The molecule has 30 heavy (non-hydrogen) atoms. The van der Waals surface area contributed by atoms with Gasteiger partial charge in [-0.2, -0.15) is 0 Å². The van der Waals surface area contributed by atoms with Gasteiger partial charge in [0.05, 0.1) is 0 Å². The van der Waals surface area contributed by atoms with E-state index in [1.807, 2.05) is 49.4 Å². The number of benzene rings is 3. The van der Waals surface area contributed by atoms with E-state index >= 15 is 0 Å². The molecule has 0 bridgehead atoms. The third-order valence-electron chi connectivity index (χ3n) is 5.00. The number of ether oxygens (including phenoxy) is 1. The van der Waals surface area contributed by atoms with Crippen molar-refractivity contribution in [3.8, 4) is 5.75 Å². The van der Waals surface area contributed by atoms with E-state index in [1.165, 1.54) is 12.1 Å². The highest BCUT2D eigenvalue weighted by atomic mass is 19.1. The Kier molecular flexibility index (Phi) is 5.80. The van der Waals surface area contributed by atoms with Gasteiger partial charge in [-0.25, -0.2) is 4.39 Å². The van der Waals surface area contributed by atoms with E-state index in [4.69, 9.17) is 9.15 Å². The maximum atomic E-state index is 13.0. The van der Waals surface area contributed by atoms with Crippen LogP contribution in [0.2, 0.25) is 0 Å². The summed E-state index contributed by atoms with van der Waals surface area (Å²) in [6, 6.07) is 23.6. The van der Waals surface area contributed by atoms with Gasteiger partial charge in [0.15, 0.2) is 5.76 Å². The SMILES string of the molecule is CC(CNC(=O)c1ccc(COc2ccc3ccccc3c2)o1)c1ccc(F)cc1. The first-order chi connectivity index (χ1) is 14.6. The van der Waals surface area contributed by atoms with Crippen LogP contribution >= 0.6 is 0 Å². The second-order valence-electron chi connectivity index (χ2n) is 7.23. The predicted octanol–water partition coefficient (Wildman–Crippen LogP) is 5.68. The van der Waals surface area contributed by atoms with E-state index in [0.29, 0.717) is 12.3 Å². The number of furan rings is 1. The van der Waals surface area contributed by atoms with Gasteiger partial charge in [0, 0.05) is 6.54 Å². The lowest BCUT2D eigenvalue weighted by Gasteiger charge is -2.12. The maximum Gasteiger partial charge on any atom is 0.287 e. The Morgan fingerprint density at radius 3 is 2.57 bits per heavy atom. The van der Waals surface area contributed by atoms with Gasteiger partial charge in [0.25, 0.3) is 5.91 Å². The number of amides is 1. The fourth-order valence-electron chi connectivity index (χ4n) is 3.23. The Labute approximate surface area is 174 Å². The predicted molar refractivity (Wildman–Crippen MR) is 114 cm³/mol. The first-order valence-corrected chi connectivity index (χ1v) is 9.82. The molecule has 4 aromatic rings. The largest absolute Gasteiger partial charge is 0.486 e. The molecule has 4 rings (SSSR count). The Hall–Kier alpha value is -3.60. The van der Waals surface area contributed by atoms with Crippen molar-refractivity contribution >= 4 is 16.7 Å². The summed E-state index contributed by atoms with van der Waals surface area (Å²) in [5.74, 6) is 1.03. The van der Waals surface area contributed by atoms with Crippen LogP contribution in [0.3, 0.4) is 0 Å². The van der Waals surface area contributed by atoms with E-state index in [-0.39, 0.29) is 30.0 Å². The fraction of sp³-hybridized carbons (Fsp3) is 0.160. The number of hydrogen-bond donors (Lipinski definition) is 1. The lowest BCUT2D eigenvalue weighted by molar-refractivity contribution is 0.0920. The minimum Gasteiger partial charge on any atom is -0.486 e. The molecule has 0 aliphatic rings. The molecule has 0 spiro atoms. The van der Waals surface area contributed by atoms with Gasteiger partial charge in [-0.15, -0.1) is 0 Å². The summed E-state index contributed by atoms with van der Waals surface area (Å²) in [6.07, 6.45) is 0. The van der Waals surface area contributed by atoms with Crippen LogP contribution in [0.15, 0.2) is 83.3 Å². The standard InChI is InChI=1S/C25H22FNO3/c1-17(18-6-9-21(26)10-7-18)15-27-25(28)24-13-12-23(30-24)16-29-22-11-8-19-4-2-3-5-20(19)14-22/h2-14,17H,15-16H2,1H3,(H,27,28). The lowest BCUT2D eigenvalue weighted by Crippen LogP contribution is -2.27. The lowest BCUT2D eigenvalue weighted by atomic mass is 10.0. The monoisotopic (exact) mass is 403 g/mol. The molecule has 1 aromatic heterocycles. The number of nitrogens with one attached hydrogen (secondary N) is 1. The van der Waals surface area contributed by atoms with Crippen LogP contribution in [-0.4, -0.2) is 12.5 Å². The van der Waals surface area contributed by atoms with Crippen LogP contribution in [-0.2, 0) is 6.61 Å². The number of rotatable bonds is 7.